The monoisotopic (exact) mass is 396 g/mol. The van der Waals surface area contributed by atoms with Crippen molar-refractivity contribution in [1.29, 1.82) is 0 Å². The fourth-order valence-electron chi connectivity index (χ4n) is 3.61. The molecule has 0 spiro atoms. The minimum Gasteiger partial charge on any atom is -0.493 e. The van der Waals surface area contributed by atoms with Crippen molar-refractivity contribution in [2.24, 2.45) is 0 Å². The van der Waals surface area contributed by atoms with Crippen LogP contribution in [0.3, 0.4) is 0 Å². The van der Waals surface area contributed by atoms with Gasteiger partial charge in [0.1, 0.15) is 6.04 Å². The van der Waals surface area contributed by atoms with Crippen molar-refractivity contribution in [2.45, 2.75) is 38.8 Å². The van der Waals surface area contributed by atoms with Gasteiger partial charge in [0.05, 0.1) is 20.1 Å². The molecule has 0 saturated carbocycles. The van der Waals surface area contributed by atoms with Gasteiger partial charge in [0, 0.05) is 13.1 Å². The van der Waals surface area contributed by atoms with E-state index in [2.05, 4.69) is 5.32 Å². The summed E-state index contributed by atoms with van der Waals surface area (Å²) < 4.78 is 10.9. The van der Waals surface area contributed by atoms with Crippen molar-refractivity contribution in [2.75, 3.05) is 20.3 Å². The zero-order valence-corrected chi connectivity index (χ0v) is 17.0. The zero-order valence-electron chi connectivity index (χ0n) is 17.0. The number of hydrogen-bond donors (Lipinski definition) is 1. The van der Waals surface area contributed by atoms with Crippen LogP contribution in [0.2, 0.25) is 0 Å². The van der Waals surface area contributed by atoms with Gasteiger partial charge in [0.2, 0.25) is 11.8 Å². The van der Waals surface area contributed by atoms with E-state index in [0.717, 1.165) is 17.5 Å². The first-order chi connectivity index (χ1) is 14.1. The molecule has 0 bridgehead atoms. The van der Waals surface area contributed by atoms with E-state index in [1.807, 2.05) is 55.5 Å². The number of benzene rings is 2. The number of likely N-dealkylation sites (tertiary alicyclic amines) is 1. The minimum absolute atomic E-state index is 0.00316. The van der Waals surface area contributed by atoms with Crippen molar-refractivity contribution >= 4 is 11.8 Å². The first-order valence-electron chi connectivity index (χ1n) is 10.0. The number of rotatable bonds is 8. The van der Waals surface area contributed by atoms with Gasteiger partial charge in [-0.15, -0.1) is 0 Å². The van der Waals surface area contributed by atoms with Crippen LogP contribution in [0.5, 0.6) is 11.5 Å². The van der Waals surface area contributed by atoms with Gasteiger partial charge >= 0.3 is 0 Å². The first kappa shape index (κ1) is 20.7. The molecule has 1 saturated heterocycles. The van der Waals surface area contributed by atoms with E-state index in [-0.39, 0.29) is 11.8 Å². The maximum atomic E-state index is 12.7. The summed E-state index contributed by atoms with van der Waals surface area (Å²) in [4.78, 5) is 27.2. The number of nitrogens with zero attached hydrogens (tertiary/aromatic N) is 1. The van der Waals surface area contributed by atoms with Crippen LogP contribution in [-0.4, -0.2) is 43.0 Å². The van der Waals surface area contributed by atoms with Crippen LogP contribution in [0.4, 0.5) is 0 Å². The molecule has 0 aromatic heterocycles. The predicted octanol–water partition coefficient (Wildman–Crippen LogP) is 2.94. The average molecular weight is 396 g/mol. The van der Waals surface area contributed by atoms with Crippen LogP contribution < -0.4 is 14.8 Å². The molecule has 6 heteroatoms. The summed E-state index contributed by atoms with van der Waals surface area (Å²) in [6.07, 6.45) is 1.86. The Labute approximate surface area is 171 Å². The highest BCUT2D eigenvalue weighted by Crippen LogP contribution is 2.28. The number of methoxy groups -OCH3 is 1. The lowest BCUT2D eigenvalue weighted by atomic mass is 10.1. The Morgan fingerprint density at radius 3 is 2.62 bits per heavy atom. The molecule has 1 N–H and O–H groups in total. The lowest BCUT2D eigenvalue weighted by Gasteiger charge is -2.24. The van der Waals surface area contributed by atoms with Crippen LogP contribution in [0.15, 0.2) is 48.5 Å². The summed E-state index contributed by atoms with van der Waals surface area (Å²) in [6, 6.07) is 14.8. The van der Waals surface area contributed by atoms with E-state index in [1.54, 1.807) is 12.0 Å². The molecule has 1 aliphatic heterocycles. The van der Waals surface area contributed by atoms with Crippen molar-refractivity contribution in [3.8, 4) is 11.5 Å². The quantitative estimate of drug-likeness (QED) is 0.745. The molecule has 29 heavy (non-hydrogen) atoms. The highest BCUT2D eigenvalue weighted by atomic mass is 16.5. The molecule has 1 atom stereocenters. The van der Waals surface area contributed by atoms with Crippen molar-refractivity contribution in [3.63, 3.8) is 0 Å². The Balaban J connectivity index is 1.59. The largest absolute Gasteiger partial charge is 0.493 e. The average Bonchev–Trinajstić information content (AvgIpc) is 3.24. The normalized spacial score (nSPS) is 15.8. The Morgan fingerprint density at radius 2 is 1.90 bits per heavy atom. The number of hydrogen-bond acceptors (Lipinski definition) is 4. The number of carbonyl (C=O) groups excluding carboxylic acids is 2. The molecule has 1 aliphatic rings. The van der Waals surface area contributed by atoms with Crippen LogP contribution in [0.25, 0.3) is 0 Å². The fourth-order valence-corrected chi connectivity index (χ4v) is 3.61. The number of amides is 2. The Bertz CT molecular complexity index is 838. The molecule has 3 rings (SSSR count). The van der Waals surface area contributed by atoms with Crippen molar-refractivity contribution in [1.82, 2.24) is 10.2 Å². The molecule has 2 aromatic rings. The summed E-state index contributed by atoms with van der Waals surface area (Å²) >= 11 is 0. The third-order valence-corrected chi connectivity index (χ3v) is 5.07. The van der Waals surface area contributed by atoms with Gasteiger partial charge in [-0.3, -0.25) is 9.59 Å². The second kappa shape index (κ2) is 9.96. The molecule has 0 radical (unpaired) electrons. The summed E-state index contributed by atoms with van der Waals surface area (Å²) in [6.45, 7) is 3.47. The topological polar surface area (TPSA) is 67.9 Å². The van der Waals surface area contributed by atoms with E-state index in [1.165, 1.54) is 0 Å². The maximum absolute atomic E-state index is 12.7. The second-order valence-corrected chi connectivity index (χ2v) is 7.04. The second-order valence-electron chi connectivity index (χ2n) is 7.04. The lowest BCUT2D eigenvalue weighted by molar-refractivity contribution is -0.138. The molecule has 1 fully saturated rings. The van der Waals surface area contributed by atoms with E-state index < -0.39 is 6.04 Å². The standard InChI is InChI=1S/C23H28N2O4/c1-3-29-20-12-11-18(14-21(20)28-2)16-24-23(27)19-10-7-13-25(19)22(26)15-17-8-5-4-6-9-17/h4-6,8-9,11-12,14,19H,3,7,10,13,15-16H2,1-2H3,(H,24,27). The third-order valence-electron chi connectivity index (χ3n) is 5.07. The molecule has 2 aromatic carbocycles. The molecule has 2 amide bonds. The molecule has 6 nitrogen and oxygen atoms in total. The van der Waals surface area contributed by atoms with Crippen LogP contribution in [0, 0.1) is 0 Å². The number of ether oxygens (including phenoxy) is 2. The predicted molar refractivity (Wildman–Crippen MR) is 111 cm³/mol. The maximum Gasteiger partial charge on any atom is 0.243 e. The van der Waals surface area contributed by atoms with Gasteiger partial charge in [0.25, 0.3) is 0 Å². The van der Waals surface area contributed by atoms with E-state index in [4.69, 9.17) is 9.47 Å². The summed E-state index contributed by atoms with van der Waals surface area (Å²) in [7, 11) is 1.59. The van der Waals surface area contributed by atoms with Crippen molar-refractivity contribution in [3.05, 3.63) is 59.7 Å². The lowest BCUT2D eigenvalue weighted by Crippen LogP contribution is -2.46. The molecule has 1 heterocycles. The Kier molecular flexibility index (Phi) is 7.11. The Morgan fingerprint density at radius 1 is 1.10 bits per heavy atom. The van der Waals surface area contributed by atoms with Crippen LogP contribution in [-0.2, 0) is 22.6 Å². The molecule has 154 valence electrons. The third kappa shape index (κ3) is 5.28. The Hall–Kier alpha value is -3.02. The van der Waals surface area contributed by atoms with E-state index >= 15 is 0 Å². The SMILES string of the molecule is CCOc1ccc(CNC(=O)C2CCCN2C(=O)Cc2ccccc2)cc1OC. The summed E-state index contributed by atoms with van der Waals surface area (Å²) in [5, 5.41) is 2.96. The smallest absolute Gasteiger partial charge is 0.243 e. The summed E-state index contributed by atoms with van der Waals surface area (Å²) in [5.41, 5.74) is 1.88. The molecular weight excluding hydrogens is 368 g/mol. The van der Waals surface area contributed by atoms with E-state index in [9.17, 15) is 9.59 Å². The number of nitrogens with one attached hydrogen (secondary N) is 1. The van der Waals surface area contributed by atoms with Crippen molar-refractivity contribution < 1.29 is 19.1 Å². The first-order valence-corrected chi connectivity index (χ1v) is 10.0. The fraction of sp³-hybridized carbons (Fsp3) is 0.391. The summed E-state index contributed by atoms with van der Waals surface area (Å²) in [5.74, 6) is 1.20. The zero-order chi connectivity index (χ0) is 20.6. The van der Waals surface area contributed by atoms with Gasteiger partial charge < -0.3 is 19.7 Å². The van der Waals surface area contributed by atoms with Gasteiger partial charge in [0.15, 0.2) is 11.5 Å². The van der Waals surface area contributed by atoms with E-state index in [0.29, 0.717) is 44.0 Å². The van der Waals surface area contributed by atoms with Gasteiger partial charge in [-0.1, -0.05) is 36.4 Å². The molecular formula is C23H28N2O4. The molecule has 0 aliphatic carbocycles. The van der Waals surface area contributed by atoms with Crippen LogP contribution in [0.1, 0.15) is 30.9 Å². The van der Waals surface area contributed by atoms with Gasteiger partial charge in [-0.2, -0.15) is 0 Å². The van der Waals surface area contributed by atoms with Crippen LogP contribution >= 0.6 is 0 Å². The van der Waals surface area contributed by atoms with Gasteiger partial charge in [-0.25, -0.2) is 0 Å². The number of carbonyl (C=O) groups is 2. The minimum atomic E-state index is -0.407. The van der Waals surface area contributed by atoms with Gasteiger partial charge in [-0.05, 0) is 43.0 Å². The highest BCUT2D eigenvalue weighted by molar-refractivity contribution is 5.89. The molecule has 1 unspecified atom stereocenters. The highest BCUT2D eigenvalue weighted by Gasteiger charge is 2.33.